The molecule has 1 amide bonds. The maximum atomic E-state index is 13.0. The van der Waals surface area contributed by atoms with Gasteiger partial charge in [-0.15, -0.1) is 13.2 Å². The largest absolute Gasteiger partial charge is 0.573 e. The van der Waals surface area contributed by atoms with Crippen molar-refractivity contribution in [2.75, 3.05) is 37.6 Å². The van der Waals surface area contributed by atoms with Crippen LogP contribution < -0.4 is 15.0 Å². The van der Waals surface area contributed by atoms with Crippen LogP contribution in [-0.4, -0.2) is 72.7 Å². The fourth-order valence-electron chi connectivity index (χ4n) is 5.00. The Morgan fingerprint density at radius 1 is 1.10 bits per heavy atom. The minimum Gasteiger partial charge on any atom is -0.406 e. The predicted molar refractivity (Wildman–Crippen MR) is 153 cm³/mol. The Morgan fingerprint density at radius 2 is 1.85 bits per heavy atom. The van der Waals surface area contributed by atoms with Gasteiger partial charge >= 0.3 is 6.36 Å². The number of nitrogens with zero attached hydrogens (tertiary/aromatic N) is 4. The van der Waals surface area contributed by atoms with E-state index in [0.717, 1.165) is 49.9 Å². The molecule has 2 aromatic rings. The van der Waals surface area contributed by atoms with Crippen LogP contribution >= 0.6 is 11.6 Å². The number of amidine groups is 1. The molecule has 0 unspecified atom stereocenters. The lowest BCUT2D eigenvalue weighted by molar-refractivity contribution is -0.274. The van der Waals surface area contributed by atoms with Crippen molar-refractivity contribution in [2.45, 2.75) is 52.6 Å². The first kappa shape index (κ1) is 29.7. The molecule has 1 N–H and O–H groups in total. The van der Waals surface area contributed by atoms with Crippen molar-refractivity contribution >= 4 is 40.4 Å². The SMILES string of the molecule is C=C1c2cc(N3CCCN(C(C)C)CC3)ccc2N=C(c2cc(Cl)cc(OC(F)(F)F)c2)N1CC(=O)NC(C)C. The Labute approximate surface area is 238 Å². The van der Waals surface area contributed by atoms with Crippen molar-refractivity contribution in [3.63, 3.8) is 0 Å². The van der Waals surface area contributed by atoms with E-state index in [9.17, 15) is 18.0 Å². The van der Waals surface area contributed by atoms with Crippen molar-refractivity contribution in [3.05, 3.63) is 59.1 Å². The van der Waals surface area contributed by atoms with Crippen LogP contribution in [0.4, 0.5) is 24.5 Å². The summed E-state index contributed by atoms with van der Waals surface area (Å²) in [5.74, 6) is -0.507. The first-order valence-electron chi connectivity index (χ1n) is 13.4. The van der Waals surface area contributed by atoms with Gasteiger partial charge in [0.25, 0.3) is 0 Å². The van der Waals surface area contributed by atoms with E-state index in [4.69, 9.17) is 16.6 Å². The number of amides is 1. The zero-order valence-electron chi connectivity index (χ0n) is 23.2. The van der Waals surface area contributed by atoms with Crippen LogP contribution in [0.1, 0.15) is 45.2 Å². The lowest BCUT2D eigenvalue weighted by Gasteiger charge is -2.33. The summed E-state index contributed by atoms with van der Waals surface area (Å²) in [6, 6.07) is 10.0. The van der Waals surface area contributed by atoms with Crippen LogP contribution in [0.5, 0.6) is 5.75 Å². The Kier molecular flexibility index (Phi) is 8.99. The van der Waals surface area contributed by atoms with Crippen LogP contribution in [0.15, 0.2) is 48.0 Å². The van der Waals surface area contributed by atoms with Gasteiger partial charge in [-0.25, -0.2) is 4.99 Å². The summed E-state index contributed by atoms with van der Waals surface area (Å²) in [6.45, 7) is 16.0. The van der Waals surface area contributed by atoms with Crippen LogP contribution in [0.2, 0.25) is 5.02 Å². The lowest BCUT2D eigenvalue weighted by Crippen LogP contribution is -2.43. The highest BCUT2D eigenvalue weighted by Crippen LogP contribution is 2.38. The number of nitrogens with one attached hydrogen (secondary N) is 1. The van der Waals surface area contributed by atoms with E-state index in [1.165, 1.54) is 12.1 Å². The number of hydrogen-bond donors (Lipinski definition) is 1. The van der Waals surface area contributed by atoms with Crippen LogP contribution in [0, 0.1) is 0 Å². The van der Waals surface area contributed by atoms with Gasteiger partial charge in [-0.05, 0) is 70.5 Å². The molecule has 1 saturated heterocycles. The molecule has 0 spiro atoms. The van der Waals surface area contributed by atoms with E-state index in [-0.39, 0.29) is 34.9 Å². The Balaban J connectivity index is 1.73. The molecule has 0 saturated carbocycles. The van der Waals surface area contributed by atoms with Gasteiger partial charge in [0.1, 0.15) is 18.1 Å². The number of alkyl halides is 3. The van der Waals surface area contributed by atoms with E-state index < -0.39 is 12.1 Å². The summed E-state index contributed by atoms with van der Waals surface area (Å²) in [6.07, 6.45) is -3.85. The molecule has 2 aromatic carbocycles. The number of anilines is 1. The second-order valence-corrected chi connectivity index (χ2v) is 11.0. The number of rotatable bonds is 7. The highest BCUT2D eigenvalue weighted by Gasteiger charge is 2.33. The molecular formula is C29H35ClF3N5O2. The molecule has 0 radical (unpaired) electrons. The minimum atomic E-state index is -4.89. The summed E-state index contributed by atoms with van der Waals surface area (Å²) < 4.78 is 43.0. The third-order valence-electron chi connectivity index (χ3n) is 6.84. The average Bonchev–Trinajstić information content (AvgIpc) is 3.10. The maximum Gasteiger partial charge on any atom is 0.573 e. The van der Waals surface area contributed by atoms with Gasteiger partial charge in [0.05, 0.1) is 5.69 Å². The number of ether oxygens (including phenoxy) is 1. The summed E-state index contributed by atoms with van der Waals surface area (Å²) >= 11 is 6.18. The first-order chi connectivity index (χ1) is 18.8. The summed E-state index contributed by atoms with van der Waals surface area (Å²) in [4.78, 5) is 24.0. The standard InChI is InChI=1S/C29H35ClF3N5O2/c1-18(2)34-27(39)17-38-20(5)25-16-23(37-10-6-9-36(11-12-37)19(3)4)7-8-26(25)35-28(38)21-13-22(30)15-24(14-21)40-29(31,32)33/h7-8,13-16,18-19H,5-6,9-12,17H2,1-4H3,(H,34,39). The molecule has 216 valence electrons. The number of halogens is 4. The second kappa shape index (κ2) is 12.1. The molecule has 0 atom stereocenters. The molecule has 4 rings (SSSR count). The highest BCUT2D eigenvalue weighted by molar-refractivity contribution is 6.31. The Bertz CT molecular complexity index is 1290. The third kappa shape index (κ3) is 7.28. The van der Waals surface area contributed by atoms with Crippen molar-refractivity contribution in [1.29, 1.82) is 0 Å². The summed E-state index contributed by atoms with van der Waals surface area (Å²) in [5.41, 5.74) is 3.15. The fraction of sp³-hybridized carbons (Fsp3) is 0.448. The van der Waals surface area contributed by atoms with Gasteiger partial charge < -0.3 is 19.9 Å². The van der Waals surface area contributed by atoms with Crippen molar-refractivity contribution in [3.8, 4) is 5.75 Å². The Hall–Kier alpha value is -3.24. The lowest BCUT2D eigenvalue weighted by atomic mass is 10.0. The van der Waals surface area contributed by atoms with Crippen molar-refractivity contribution in [1.82, 2.24) is 15.1 Å². The van der Waals surface area contributed by atoms with Gasteiger partial charge in [0.15, 0.2) is 0 Å². The van der Waals surface area contributed by atoms with Gasteiger partial charge in [0, 0.05) is 65.8 Å². The minimum absolute atomic E-state index is 0.0365. The van der Waals surface area contributed by atoms with Gasteiger partial charge in [-0.1, -0.05) is 18.2 Å². The molecule has 7 nitrogen and oxygen atoms in total. The van der Waals surface area contributed by atoms with Crippen LogP contribution in [0.3, 0.4) is 0 Å². The van der Waals surface area contributed by atoms with Gasteiger partial charge in [0.2, 0.25) is 5.91 Å². The van der Waals surface area contributed by atoms with Crippen LogP contribution in [-0.2, 0) is 4.79 Å². The number of fused-ring (bicyclic) bond motifs is 1. The monoisotopic (exact) mass is 577 g/mol. The normalized spacial score (nSPS) is 16.6. The van der Waals surface area contributed by atoms with E-state index in [0.29, 0.717) is 17.4 Å². The van der Waals surface area contributed by atoms with E-state index >= 15 is 0 Å². The average molecular weight is 578 g/mol. The number of benzene rings is 2. The number of hydrogen-bond acceptors (Lipinski definition) is 6. The molecule has 2 heterocycles. The number of carbonyl (C=O) groups is 1. The third-order valence-corrected chi connectivity index (χ3v) is 7.06. The van der Waals surface area contributed by atoms with Crippen molar-refractivity contribution in [2.24, 2.45) is 4.99 Å². The fourth-order valence-corrected chi connectivity index (χ4v) is 5.22. The zero-order valence-corrected chi connectivity index (χ0v) is 23.9. The Morgan fingerprint density at radius 3 is 2.52 bits per heavy atom. The highest BCUT2D eigenvalue weighted by atomic mass is 35.5. The molecule has 1 fully saturated rings. The molecule has 2 aliphatic heterocycles. The maximum absolute atomic E-state index is 13.0. The summed E-state index contributed by atoms with van der Waals surface area (Å²) in [7, 11) is 0. The molecule has 0 bridgehead atoms. The topological polar surface area (TPSA) is 60.4 Å². The molecule has 0 aromatic heterocycles. The molecule has 40 heavy (non-hydrogen) atoms. The van der Waals surface area contributed by atoms with Gasteiger partial charge in [-0.3, -0.25) is 9.69 Å². The van der Waals surface area contributed by atoms with E-state index in [1.54, 1.807) is 4.90 Å². The molecule has 11 heteroatoms. The van der Waals surface area contributed by atoms with Gasteiger partial charge in [-0.2, -0.15) is 0 Å². The smallest absolute Gasteiger partial charge is 0.406 e. The second-order valence-electron chi connectivity index (χ2n) is 10.6. The number of aliphatic imine (C=N–C) groups is 1. The van der Waals surface area contributed by atoms with Crippen molar-refractivity contribution < 1.29 is 22.7 Å². The molecule has 2 aliphatic rings. The van der Waals surface area contributed by atoms with E-state index in [1.807, 2.05) is 32.0 Å². The van der Waals surface area contributed by atoms with E-state index in [2.05, 4.69) is 40.3 Å². The zero-order chi connectivity index (χ0) is 29.2. The molecule has 0 aliphatic carbocycles. The first-order valence-corrected chi connectivity index (χ1v) is 13.7. The predicted octanol–water partition coefficient (Wildman–Crippen LogP) is 6.05. The quantitative estimate of drug-likeness (QED) is 0.434. The molecular weight excluding hydrogens is 543 g/mol. The summed E-state index contributed by atoms with van der Waals surface area (Å²) in [5, 5.41) is 2.89. The number of carbonyl (C=O) groups excluding carboxylic acids is 1. The van der Waals surface area contributed by atoms with Crippen LogP contribution in [0.25, 0.3) is 5.70 Å².